The molecular weight excluding hydrogens is 434 g/mol. The van der Waals surface area contributed by atoms with E-state index in [1.807, 2.05) is 0 Å². The van der Waals surface area contributed by atoms with Crippen molar-refractivity contribution in [2.45, 2.75) is 19.4 Å². The molecule has 0 unspecified atom stereocenters. The molecule has 1 amide bonds. The molecule has 0 spiro atoms. The van der Waals surface area contributed by atoms with E-state index >= 15 is 0 Å². The minimum absolute atomic E-state index is 0.0947. The Kier molecular flexibility index (Phi) is 5.81. The molecule has 166 valence electrons. The Balaban J connectivity index is 1.92. The molecule has 1 aliphatic rings. The Labute approximate surface area is 177 Å². The van der Waals surface area contributed by atoms with Crippen LogP contribution in [0.3, 0.4) is 0 Å². The number of sulfonamides is 1. The molecule has 0 bridgehead atoms. The van der Waals surface area contributed by atoms with Crippen LogP contribution in [0.5, 0.6) is 5.88 Å². The standard InChI is InChI=1S/C18H20F2N6O4S/c1-4-30-14-6-5-13(24-25-14)16(27)22-10-7-11(15(20)12(19)8-10)18(2)9-31(28,29)26(3)17(21)23-18/h5-8H,4,9H2,1-3H3,(H2,21,23)(H,22,27)/t18-/m0/s1. The molecule has 1 saturated heterocycles. The predicted octanol–water partition coefficient (Wildman–Crippen LogP) is 1.42. The number of carbonyl (C=O) groups excluding carboxylic acids is 1. The van der Waals surface area contributed by atoms with E-state index in [2.05, 4.69) is 20.8 Å². The van der Waals surface area contributed by atoms with Gasteiger partial charge >= 0.3 is 0 Å². The molecule has 3 N–H and O–H groups in total. The first-order valence-electron chi connectivity index (χ1n) is 9.07. The number of anilines is 1. The number of guanidine groups is 1. The highest BCUT2D eigenvalue weighted by molar-refractivity contribution is 7.89. The molecule has 1 fully saturated rings. The van der Waals surface area contributed by atoms with Crippen LogP contribution < -0.4 is 15.4 Å². The van der Waals surface area contributed by atoms with Crippen LogP contribution in [-0.4, -0.2) is 54.2 Å². The van der Waals surface area contributed by atoms with Gasteiger partial charge in [0.25, 0.3) is 5.91 Å². The molecule has 3 rings (SSSR count). The van der Waals surface area contributed by atoms with Crippen LogP contribution >= 0.6 is 0 Å². The van der Waals surface area contributed by atoms with Crippen molar-refractivity contribution < 1.29 is 26.7 Å². The van der Waals surface area contributed by atoms with E-state index in [1.54, 1.807) is 6.92 Å². The zero-order valence-corrected chi connectivity index (χ0v) is 17.7. The number of nitrogens with one attached hydrogen (secondary N) is 3. The lowest BCUT2D eigenvalue weighted by molar-refractivity contribution is 0.102. The normalized spacial score (nSPS) is 20.2. The number of hydrogen-bond donors (Lipinski definition) is 3. The lowest BCUT2D eigenvalue weighted by Crippen LogP contribution is -2.61. The van der Waals surface area contributed by atoms with Crippen molar-refractivity contribution in [3.05, 3.63) is 47.2 Å². The number of amides is 1. The number of nitrogens with zero attached hydrogens (tertiary/aromatic N) is 3. The zero-order valence-electron chi connectivity index (χ0n) is 16.9. The molecule has 0 saturated carbocycles. The third-order valence-electron chi connectivity index (χ3n) is 4.64. The summed E-state index contributed by atoms with van der Waals surface area (Å²) < 4.78 is 59.4. The first-order chi connectivity index (χ1) is 14.5. The van der Waals surface area contributed by atoms with Gasteiger partial charge in [0.05, 0.1) is 17.9 Å². The molecule has 13 heteroatoms. The summed E-state index contributed by atoms with van der Waals surface area (Å²) in [5.74, 6) is -4.23. The maximum atomic E-state index is 14.6. The smallest absolute Gasteiger partial charge is 0.276 e. The van der Waals surface area contributed by atoms with E-state index in [9.17, 15) is 22.0 Å². The summed E-state index contributed by atoms with van der Waals surface area (Å²) in [7, 11) is -2.77. The van der Waals surface area contributed by atoms with Crippen molar-refractivity contribution in [1.82, 2.24) is 19.8 Å². The van der Waals surface area contributed by atoms with Crippen LogP contribution in [0.15, 0.2) is 24.3 Å². The van der Waals surface area contributed by atoms with Crippen molar-refractivity contribution in [2.24, 2.45) is 0 Å². The van der Waals surface area contributed by atoms with Crippen LogP contribution in [0.25, 0.3) is 0 Å². The number of rotatable bonds is 5. The minimum atomic E-state index is -3.94. The number of halogens is 2. The van der Waals surface area contributed by atoms with E-state index in [1.165, 1.54) is 26.1 Å². The van der Waals surface area contributed by atoms with Crippen LogP contribution in [0.1, 0.15) is 29.9 Å². The highest BCUT2D eigenvalue weighted by atomic mass is 32.2. The molecule has 0 radical (unpaired) electrons. The van der Waals surface area contributed by atoms with Crippen molar-refractivity contribution >= 4 is 27.6 Å². The van der Waals surface area contributed by atoms with E-state index in [0.717, 1.165) is 12.1 Å². The lowest BCUT2D eigenvalue weighted by atomic mass is 9.92. The Hall–Kier alpha value is -3.35. The van der Waals surface area contributed by atoms with Crippen molar-refractivity contribution in [3.8, 4) is 5.88 Å². The summed E-state index contributed by atoms with van der Waals surface area (Å²) in [6, 6.07) is 4.65. The van der Waals surface area contributed by atoms with Crippen molar-refractivity contribution in [1.29, 1.82) is 5.41 Å². The Morgan fingerprint density at radius 2 is 2.06 bits per heavy atom. The second kappa shape index (κ2) is 8.06. The summed E-state index contributed by atoms with van der Waals surface area (Å²) in [6.45, 7) is 3.45. The molecule has 1 aromatic carbocycles. The molecule has 1 aliphatic heterocycles. The second-order valence-electron chi connectivity index (χ2n) is 6.99. The van der Waals surface area contributed by atoms with Crippen molar-refractivity contribution in [2.75, 3.05) is 24.7 Å². The molecular formula is C18H20F2N6O4S. The van der Waals surface area contributed by atoms with E-state index in [-0.39, 0.29) is 22.8 Å². The van der Waals surface area contributed by atoms with Gasteiger partial charge in [0.15, 0.2) is 17.3 Å². The van der Waals surface area contributed by atoms with Crippen LogP contribution in [0, 0.1) is 17.0 Å². The Morgan fingerprint density at radius 3 is 2.65 bits per heavy atom. The fourth-order valence-corrected chi connectivity index (χ4v) is 4.52. The average Bonchev–Trinajstić information content (AvgIpc) is 2.69. The van der Waals surface area contributed by atoms with Gasteiger partial charge in [0.2, 0.25) is 21.9 Å². The largest absolute Gasteiger partial charge is 0.477 e. The van der Waals surface area contributed by atoms with Gasteiger partial charge < -0.3 is 15.4 Å². The molecule has 2 aromatic rings. The molecule has 0 aliphatic carbocycles. The quantitative estimate of drug-likeness (QED) is 0.621. The highest BCUT2D eigenvalue weighted by Crippen LogP contribution is 2.32. The highest BCUT2D eigenvalue weighted by Gasteiger charge is 2.44. The average molecular weight is 454 g/mol. The van der Waals surface area contributed by atoms with E-state index in [4.69, 9.17) is 10.1 Å². The summed E-state index contributed by atoms with van der Waals surface area (Å²) in [5, 5.41) is 20.2. The molecule has 1 atom stereocenters. The maximum Gasteiger partial charge on any atom is 0.276 e. The number of hydrogen-bond acceptors (Lipinski definition) is 7. The van der Waals surface area contributed by atoms with Gasteiger partial charge in [-0.05, 0) is 26.0 Å². The number of benzene rings is 1. The van der Waals surface area contributed by atoms with Gasteiger partial charge in [0, 0.05) is 30.4 Å². The second-order valence-corrected chi connectivity index (χ2v) is 8.99. The predicted molar refractivity (Wildman–Crippen MR) is 107 cm³/mol. The third kappa shape index (κ3) is 4.40. The summed E-state index contributed by atoms with van der Waals surface area (Å²) in [4.78, 5) is 12.4. The van der Waals surface area contributed by atoms with Gasteiger partial charge in [-0.1, -0.05) is 0 Å². The van der Waals surface area contributed by atoms with Crippen LogP contribution in [0.4, 0.5) is 14.5 Å². The lowest BCUT2D eigenvalue weighted by Gasteiger charge is -2.40. The van der Waals surface area contributed by atoms with E-state index in [0.29, 0.717) is 10.9 Å². The minimum Gasteiger partial charge on any atom is -0.477 e. The topological polar surface area (TPSA) is 137 Å². The van der Waals surface area contributed by atoms with Gasteiger partial charge in [-0.2, -0.15) is 0 Å². The van der Waals surface area contributed by atoms with Gasteiger partial charge in [-0.3, -0.25) is 10.2 Å². The van der Waals surface area contributed by atoms with Crippen molar-refractivity contribution in [3.63, 3.8) is 0 Å². The molecule has 1 aromatic heterocycles. The number of aromatic nitrogens is 2. The van der Waals surface area contributed by atoms with Gasteiger partial charge in [-0.15, -0.1) is 10.2 Å². The van der Waals surface area contributed by atoms with E-state index < -0.39 is 44.8 Å². The number of ether oxygens (including phenoxy) is 1. The summed E-state index contributed by atoms with van der Waals surface area (Å²) in [6.07, 6.45) is 0. The van der Waals surface area contributed by atoms with Gasteiger partial charge in [-0.25, -0.2) is 21.5 Å². The molecule has 10 nitrogen and oxygen atoms in total. The fraction of sp³-hybridized carbons (Fsp3) is 0.333. The maximum absolute atomic E-state index is 14.6. The zero-order chi connectivity index (χ0) is 23.0. The Bertz CT molecular complexity index is 1140. The number of carbonyl (C=O) groups is 1. The van der Waals surface area contributed by atoms with Crippen LogP contribution in [0.2, 0.25) is 0 Å². The Morgan fingerprint density at radius 1 is 1.35 bits per heavy atom. The first kappa shape index (κ1) is 22.3. The fourth-order valence-electron chi connectivity index (χ4n) is 3.05. The molecule has 31 heavy (non-hydrogen) atoms. The van der Waals surface area contributed by atoms with Gasteiger partial charge in [0.1, 0.15) is 0 Å². The molecule has 2 heterocycles. The monoisotopic (exact) mass is 454 g/mol. The third-order valence-corrected chi connectivity index (χ3v) is 6.60. The summed E-state index contributed by atoms with van der Waals surface area (Å²) >= 11 is 0. The first-order valence-corrected chi connectivity index (χ1v) is 10.7. The summed E-state index contributed by atoms with van der Waals surface area (Å²) in [5.41, 5.74) is -2.22. The SMILES string of the molecule is CCOc1ccc(C(=O)Nc2cc(F)c(F)c([C@]3(C)CS(=O)(=O)N(C)C(=N)N3)c2)nn1. The van der Waals surface area contributed by atoms with Crippen LogP contribution in [-0.2, 0) is 15.6 Å².